The smallest absolute Gasteiger partial charge is 0.104 e. The molecule has 1 rings (SSSR count). The third kappa shape index (κ3) is 6.72. The molecule has 1 N–H and O–H groups in total. The normalized spacial score (nSPS) is 18.6. The predicted molar refractivity (Wildman–Crippen MR) is 85.6 cm³/mol. The Hall–Kier alpha value is -0.590. The summed E-state index contributed by atoms with van der Waals surface area (Å²) in [6.45, 7) is 13.2. The number of nitrogens with zero attached hydrogens (tertiary/aromatic N) is 2. The van der Waals surface area contributed by atoms with E-state index in [1.54, 1.807) is 0 Å². The van der Waals surface area contributed by atoms with Crippen LogP contribution >= 0.6 is 0 Å². The van der Waals surface area contributed by atoms with Gasteiger partial charge in [0, 0.05) is 12.1 Å². The maximum atomic E-state index is 9.37. The molecule has 0 aromatic carbocycles. The molecule has 0 radical (unpaired) electrons. The zero-order chi connectivity index (χ0) is 15.2. The highest BCUT2D eigenvalue weighted by molar-refractivity contribution is 5.04. The Morgan fingerprint density at radius 1 is 1.25 bits per heavy atom. The van der Waals surface area contributed by atoms with Gasteiger partial charge in [0.25, 0.3) is 0 Å². The first-order chi connectivity index (χ1) is 9.36. The van der Waals surface area contributed by atoms with Crippen molar-refractivity contribution in [3.63, 3.8) is 0 Å². The Labute approximate surface area is 125 Å². The van der Waals surface area contributed by atoms with Gasteiger partial charge in [-0.05, 0) is 71.9 Å². The predicted octanol–water partition coefficient (Wildman–Crippen LogP) is 3.56. The average molecular weight is 279 g/mol. The van der Waals surface area contributed by atoms with Crippen LogP contribution in [0.2, 0.25) is 0 Å². The minimum absolute atomic E-state index is 0.361. The number of nitrogens with one attached hydrogen (secondary N) is 1. The van der Waals surface area contributed by atoms with E-state index in [9.17, 15) is 5.26 Å². The molecular weight excluding hydrogens is 246 g/mol. The minimum atomic E-state index is -0.374. The Morgan fingerprint density at radius 3 is 2.35 bits per heavy atom. The summed E-state index contributed by atoms with van der Waals surface area (Å²) in [6, 6.07) is 3.64. The van der Waals surface area contributed by atoms with Gasteiger partial charge in [0.15, 0.2) is 0 Å². The second kappa shape index (κ2) is 8.00. The van der Waals surface area contributed by atoms with Crippen molar-refractivity contribution >= 4 is 0 Å². The van der Waals surface area contributed by atoms with Gasteiger partial charge in [0.05, 0.1) is 6.07 Å². The lowest BCUT2D eigenvalue weighted by atomic mass is 9.96. The molecule has 1 fully saturated rings. The van der Waals surface area contributed by atoms with Gasteiger partial charge in [-0.3, -0.25) is 5.32 Å². The maximum Gasteiger partial charge on any atom is 0.104 e. The molecule has 20 heavy (non-hydrogen) atoms. The van der Waals surface area contributed by atoms with Crippen LogP contribution in [0, 0.1) is 17.2 Å². The molecule has 0 heterocycles. The summed E-state index contributed by atoms with van der Waals surface area (Å²) >= 11 is 0. The second-order valence-corrected chi connectivity index (χ2v) is 7.30. The highest BCUT2D eigenvalue weighted by Crippen LogP contribution is 2.28. The fraction of sp³-hybridized carbons (Fsp3) is 0.941. The Morgan fingerprint density at radius 2 is 1.90 bits per heavy atom. The topological polar surface area (TPSA) is 39.1 Å². The first-order valence-electron chi connectivity index (χ1n) is 8.29. The molecule has 1 aliphatic rings. The molecule has 1 atom stereocenters. The lowest BCUT2D eigenvalue weighted by Crippen LogP contribution is -2.45. The van der Waals surface area contributed by atoms with Crippen molar-refractivity contribution in [1.29, 1.82) is 5.26 Å². The van der Waals surface area contributed by atoms with E-state index in [4.69, 9.17) is 0 Å². The molecule has 0 saturated heterocycles. The van der Waals surface area contributed by atoms with E-state index in [0.717, 1.165) is 31.3 Å². The molecule has 0 aromatic rings. The Kier molecular flexibility index (Phi) is 6.99. The summed E-state index contributed by atoms with van der Waals surface area (Å²) in [6.07, 6.45) is 6.08. The number of hydrogen-bond acceptors (Lipinski definition) is 3. The third-order valence-corrected chi connectivity index (χ3v) is 4.03. The average Bonchev–Trinajstić information content (AvgIpc) is 3.16. The van der Waals surface area contributed by atoms with E-state index >= 15 is 0 Å². The van der Waals surface area contributed by atoms with Crippen molar-refractivity contribution in [3.05, 3.63) is 0 Å². The molecule has 0 spiro atoms. The first kappa shape index (κ1) is 17.5. The lowest BCUT2D eigenvalue weighted by Gasteiger charge is -2.28. The maximum absolute atomic E-state index is 9.37. The third-order valence-electron chi connectivity index (χ3n) is 4.03. The fourth-order valence-electron chi connectivity index (χ4n) is 2.77. The molecule has 0 bridgehead atoms. The van der Waals surface area contributed by atoms with Crippen molar-refractivity contribution in [2.45, 2.75) is 84.3 Å². The highest BCUT2D eigenvalue weighted by Gasteiger charge is 2.29. The molecule has 0 aromatic heterocycles. The Bertz CT molecular complexity index is 315. The molecule has 1 saturated carbocycles. The largest absolute Gasteiger partial charge is 0.300 e. The summed E-state index contributed by atoms with van der Waals surface area (Å²) in [7, 11) is 0. The van der Waals surface area contributed by atoms with Crippen LogP contribution in [0.15, 0.2) is 0 Å². The van der Waals surface area contributed by atoms with Gasteiger partial charge in [0.1, 0.15) is 5.54 Å². The summed E-state index contributed by atoms with van der Waals surface area (Å²) < 4.78 is 0. The van der Waals surface area contributed by atoms with Crippen LogP contribution < -0.4 is 5.32 Å². The summed E-state index contributed by atoms with van der Waals surface area (Å²) in [5, 5.41) is 12.8. The molecule has 116 valence electrons. The molecule has 0 aliphatic heterocycles. The monoisotopic (exact) mass is 279 g/mol. The summed E-state index contributed by atoms with van der Waals surface area (Å²) in [4.78, 5) is 2.65. The van der Waals surface area contributed by atoms with Crippen LogP contribution in [-0.4, -0.2) is 35.6 Å². The standard InChI is InChI=1S/C17H33N3/c1-14(2)9-12-20(16-7-8-16)11-6-10-17(5,13-18)19-15(3)4/h14-16,19H,6-12H2,1-5H3. The highest BCUT2D eigenvalue weighted by atomic mass is 15.2. The van der Waals surface area contributed by atoms with E-state index in [1.165, 1.54) is 25.8 Å². The van der Waals surface area contributed by atoms with Gasteiger partial charge < -0.3 is 4.90 Å². The van der Waals surface area contributed by atoms with E-state index in [1.807, 2.05) is 6.92 Å². The van der Waals surface area contributed by atoms with Crippen LogP contribution in [-0.2, 0) is 0 Å². The van der Waals surface area contributed by atoms with Crippen molar-refractivity contribution in [2.24, 2.45) is 5.92 Å². The minimum Gasteiger partial charge on any atom is -0.300 e. The summed E-state index contributed by atoms with van der Waals surface area (Å²) in [5.74, 6) is 0.781. The van der Waals surface area contributed by atoms with Gasteiger partial charge in [-0.1, -0.05) is 13.8 Å². The molecule has 3 heteroatoms. The van der Waals surface area contributed by atoms with Crippen LogP contribution in [0.25, 0.3) is 0 Å². The molecular formula is C17H33N3. The van der Waals surface area contributed by atoms with Gasteiger partial charge in [0.2, 0.25) is 0 Å². The summed E-state index contributed by atoms with van der Waals surface area (Å²) in [5.41, 5.74) is -0.374. The van der Waals surface area contributed by atoms with Crippen molar-refractivity contribution in [1.82, 2.24) is 10.2 Å². The lowest BCUT2D eigenvalue weighted by molar-refractivity contribution is 0.233. The van der Waals surface area contributed by atoms with Crippen LogP contribution in [0.5, 0.6) is 0 Å². The van der Waals surface area contributed by atoms with E-state index in [2.05, 4.69) is 44.0 Å². The molecule has 0 amide bonds. The van der Waals surface area contributed by atoms with E-state index in [0.29, 0.717) is 6.04 Å². The van der Waals surface area contributed by atoms with Crippen molar-refractivity contribution < 1.29 is 0 Å². The zero-order valence-electron chi connectivity index (χ0n) is 14.1. The quantitative estimate of drug-likeness (QED) is 0.664. The van der Waals surface area contributed by atoms with Crippen LogP contribution in [0.1, 0.15) is 66.7 Å². The van der Waals surface area contributed by atoms with Gasteiger partial charge in [-0.25, -0.2) is 0 Å². The zero-order valence-corrected chi connectivity index (χ0v) is 14.1. The number of hydrogen-bond donors (Lipinski definition) is 1. The molecule has 3 nitrogen and oxygen atoms in total. The molecule has 1 aliphatic carbocycles. The SMILES string of the molecule is CC(C)CCN(CCCC(C)(C#N)NC(C)C)C1CC1. The van der Waals surface area contributed by atoms with Gasteiger partial charge in [-0.2, -0.15) is 5.26 Å². The van der Waals surface area contributed by atoms with Crippen molar-refractivity contribution in [2.75, 3.05) is 13.1 Å². The van der Waals surface area contributed by atoms with E-state index < -0.39 is 0 Å². The van der Waals surface area contributed by atoms with Crippen LogP contribution in [0.3, 0.4) is 0 Å². The van der Waals surface area contributed by atoms with Crippen LogP contribution in [0.4, 0.5) is 0 Å². The van der Waals surface area contributed by atoms with Gasteiger partial charge in [-0.15, -0.1) is 0 Å². The fourth-order valence-corrected chi connectivity index (χ4v) is 2.77. The first-order valence-corrected chi connectivity index (χ1v) is 8.29. The molecule has 1 unspecified atom stereocenters. The van der Waals surface area contributed by atoms with E-state index in [-0.39, 0.29) is 5.54 Å². The van der Waals surface area contributed by atoms with Crippen molar-refractivity contribution in [3.8, 4) is 6.07 Å². The Balaban J connectivity index is 2.34. The second-order valence-electron chi connectivity index (χ2n) is 7.30. The number of nitriles is 1. The van der Waals surface area contributed by atoms with Gasteiger partial charge >= 0.3 is 0 Å². The number of rotatable bonds is 10.